The number of ether oxygens (including phenoxy) is 2. The predicted octanol–water partition coefficient (Wildman–Crippen LogP) is 2.43. The summed E-state index contributed by atoms with van der Waals surface area (Å²) in [6.45, 7) is 5.57. The predicted molar refractivity (Wildman–Crippen MR) is 92.4 cm³/mol. The molecule has 1 fully saturated rings. The van der Waals surface area contributed by atoms with Crippen molar-refractivity contribution in [1.82, 2.24) is 29.9 Å². The lowest BCUT2D eigenvalue weighted by atomic mass is 10.1. The van der Waals surface area contributed by atoms with Crippen molar-refractivity contribution in [2.24, 2.45) is 7.05 Å². The number of H-pyrrole nitrogens is 1. The summed E-state index contributed by atoms with van der Waals surface area (Å²) in [6, 6.07) is 1.93. The molecule has 132 valence electrons. The molecule has 8 nitrogen and oxygen atoms in total. The molecule has 0 amide bonds. The maximum absolute atomic E-state index is 6.19. The number of aryl methyl sites for hydroxylation is 1. The normalized spacial score (nSPS) is 16.0. The Morgan fingerprint density at radius 3 is 2.84 bits per heavy atom. The van der Waals surface area contributed by atoms with E-state index in [1.54, 1.807) is 6.20 Å². The molecule has 0 atom stereocenters. The van der Waals surface area contributed by atoms with Crippen molar-refractivity contribution in [2.75, 3.05) is 13.2 Å². The van der Waals surface area contributed by atoms with E-state index in [-0.39, 0.29) is 12.0 Å². The van der Waals surface area contributed by atoms with Gasteiger partial charge < -0.3 is 9.47 Å². The first-order valence-electron chi connectivity index (χ1n) is 8.62. The smallest absolute Gasteiger partial charge is 0.225 e. The highest BCUT2D eigenvalue weighted by molar-refractivity contribution is 5.95. The van der Waals surface area contributed by atoms with Gasteiger partial charge in [0.25, 0.3) is 0 Å². The number of fused-ring (bicyclic) bond motifs is 1. The van der Waals surface area contributed by atoms with E-state index in [1.165, 1.54) is 0 Å². The minimum atomic E-state index is 0.112. The monoisotopic (exact) mass is 342 g/mol. The van der Waals surface area contributed by atoms with Crippen molar-refractivity contribution in [3.63, 3.8) is 0 Å². The molecule has 4 rings (SSSR count). The molecule has 1 saturated heterocycles. The van der Waals surface area contributed by atoms with Gasteiger partial charge in [-0.15, -0.1) is 0 Å². The fourth-order valence-corrected chi connectivity index (χ4v) is 3.02. The maximum atomic E-state index is 6.19. The van der Waals surface area contributed by atoms with Crippen molar-refractivity contribution in [1.29, 1.82) is 0 Å². The van der Waals surface area contributed by atoms with Crippen LogP contribution in [0, 0.1) is 0 Å². The van der Waals surface area contributed by atoms with Crippen LogP contribution in [0.5, 0.6) is 5.88 Å². The van der Waals surface area contributed by atoms with E-state index in [0.29, 0.717) is 17.4 Å². The van der Waals surface area contributed by atoms with Crippen LogP contribution in [0.3, 0.4) is 0 Å². The van der Waals surface area contributed by atoms with Gasteiger partial charge in [0.1, 0.15) is 11.8 Å². The average molecular weight is 342 g/mol. The molecule has 0 aliphatic carbocycles. The summed E-state index contributed by atoms with van der Waals surface area (Å²) in [5.41, 5.74) is 1.67. The van der Waals surface area contributed by atoms with Gasteiger partial charge in [-0.1, -0.05) is 13.8 Å². The number of aromatic amines is 1. The Morgan fingerprint density at radius 2 is 2.12 bits per heavy atom. The van der Waals surface area contributed by atoms with Crippen LogP contribution in [-0.2, 0) is 11.8 Å². The largest absolute Gasteiger partial charge is 0.474 e. The number of rotatable bonds is 4. The molecule has 0 unspecified atom stereocenters. The second-order valence-corrected chi connectivity index (χ2v) is 6.61. The molecule has 1 aliphatic heterocycles. The van der Waals surface area contributed by atoms with Crippen molar-refractivity contribution in [3.8, 4) is 17.4 Å². The molecule has 0 radical (unpaired) electrons. The SMILES string of the molecule is CC(C)c1n[nH]c(-c2nn(C)c3ccnc(OC4CCOCC4)c23)n1. The Morgan fingerprint density at radius 1 is 1.32 bits per heavy atom. The van der Waals surface area contributed by atoms with E-state index < -0.39 is 0 Å². The molecule has 25 heavy (non-hydrogen) atoms. The summed E-state index contributed by atoms with van der Waals surface area (Å²) in [6.07, 6.45) is 3.60. The van der Waals surface area contributed by atoms with Crippen LogP contribution in [0.4, 0.5) is 0 Å². The van der Waals surface area contributed by atoms with E-state index in [9.17, 15) is 0 Å². The van der Waals surface area contributed by atoms with Gasteiger partial charge in [-0.2, -0.15) is 10.2 Å². The van der Waals surface area contributed by atoms with Crippen LogP contribution < -0.4 is 4.74 Å². The lowest BCUT2D eigenvalue weighted by molar-refractivity contribution is 0.0244. The second-order valence-electron chi connectivity index (χ2n) is 6.61. The molecule has 3 aromatic heterocycles. The highest BCUT2D eigenvalue weighted by Crippen LogP contribution is 2.33. The number of nitrogens with one attached hydrogen (secondary N) is 1. The fourth-order valence-electron chi connectivity index (χ4n) is 3.02. The summed E-state index contributed by atoms with van der Waals surface area (Å²) in [5.74, 6) is 2.25. The fraction of sp³-hybridized carbons (Fsp3) is 0.529. The van der Waals surface area contributed by atoms with Crippen molar-refractivity contribution < 1.29 is 9.47 Å². The summed E-state index contributed by atoms with van der Waals surface area (Å²) in [7, 11) is 1.91. The third-order valence-corrected chi connectivity index (χ3v) is 4.42. The molecule has 0 bridgehead atoms. The molecule has 4 heterocycles. The van der Waals surface area contributed by atoms with Crippen LogP contribution in [-0.4, -0.2) is 49.3 Å². The third kappa shape index (κ3) is 2.97. The average Bonchev–Trinajstić information content (AvgIpc) is 3.22. The number of nitrogens with zero attached hydrogens (tertiary/aromatic N) is 5. The molecule has 0 spiro atoms. The van der Waals surface area contributed by atoms with Crippen LogP contribution in [0.25, 0.3) is 22.4 Å². The molecule has 8 heteroatoms. The Bertz CT molecular complexity index is 879. The standard InChI is InChI=1S/C17H22N6O2/c1-10(2)15-19-16(21-20-15)14-13-12(23(3)22-14)4-7-18-17(13)25-11-5-8-24-9-6-11/h4,7,10-11H,5-6,8-9H2,1-3H3,(H,19,20,21). The molecule has 1 N–H and O–H groups in total. The maximum Gasteiger partial charge on any atom is 0.225 e. The topological polar surface area (TPSA) is 90.7 Å². The zero-order chi connectivity index (χ0) is 17.4. The van der Waals surface area contributed by atoms with Gasteiger partial charge in [-0.3, -0.25) is 9.78 Å². The van der Waals surface area contributed by atoms with E-state index in [4.69, 9.17) is 9.47 Å². The Balaban J connectivity index is 1.78. The Hall–Kier alpha value is -2.48. The second kappa shape index (κ2) is 6.44. The zero-order valence-corrected chi connectivity index (χ0v) is 14.7. The molecular formula is C17H22N6O2. The first-order valence-corrected chi connectivity index (χ1v) is 8.62. The van der Waals surface area contributed by atoms with E-state index in [2.05, 4.69) is 39.1 Å². The summed E-state index contributed by atoms with van der Waals surface area (Å²) in [4.78, 5) is 9.05. The lowest BCUT2D eigenvalue weighted by Crippen LogP contribution is -2.26. The molecule has 0 aromatic carbocycles. The van der Waals surface area contributed by atoms with Crippen molar-refractivity contribution >= 4 is 10.9 Å². The van der Waals surface area contributed by atoms with Gasteiger partial charge in [0.15, 0.2) is 11.6 Å². The van der Waals surface area contributed by atoms with Gasteiger partial charge in [0.2, 0.25) is 5.88 Å². The Labute approximate surface area is 145 Å². The minimum absolute atomic E-state index is 0.112. The number of pyridine rings is 1. The van der Waals surface area contributed by atoms with E-state index in [0.717, 1.165) is 42.8 Å². The van der Waals surface area contributed by atoms with Gasteiger partial charge in [0.05, 0.1) is 24.1 Å². The van der Waals surface area contributed by atoms with Crippen LogP contribution in [0.2, 0.25) is 0 Å². The number of hydrogen-bond donors (Lipinski definition) is 1. The van der Waals surface area contributed by atoms with E-state index in [1.807, 2.05) is 17.8 Å². The van der Waals surface area contributed by atoms with Gasteiger partial charge in [-0.05, 0) is 6.07 Å². The summed E-state index contributed by atoms with van der Waals surface area (Å²) >= 11 is 0. The highest BCUT2D eigenvalue weighted by Gasteiger charge is 2.23. The minimum Gasteiger partial charge on any atom is -0.474 e. The third-order valence-electron chi connectivity index (χ3n) is 4.42. The van der Waals surface area contributed by atoms with E-state index >= 15 is 0 Å². The van der Waals surface area contributed by atoms with Gasteiger partial charge in [0, 0.05) is 32.0 Å². The Kier molecular flexibility index (Phi) is 4.12. The molecule has 0 saturated carbocycles. The first-order chi connectivity index (χ1) is 12.1. The van der Waals surface area contributed by atoms with Crippen molar-refractivity contribution in [2.45, 2.75) is 38.7 Å². The molecule has 3 aromatic rings. The number of aromatic nitrogens is 6. The number of hydrogen-bond acceptors (Lipinski definition) is 6. The van der Waals surface area contributed by atoms with Gasteiger partial charge in [-0.25, -0.2) is 9.97 Å². The van der Waals surface area contributed by atoms with Crippen molar-refractivity contribution in [3.05, 3.63) is 18.1 Å². The first kappa shape index (κ1) is 16.0. The summed E-state index contributed by atoms with van der Waals surface area (Å²) < 4.78 is 13.4. The quantitative estimate of drug-likeness (QED) is 0.783. The van der Waals surface area contributed by atoms with Gasteiger partial charge >= 0.3 is 0 Å². The van der Waals surface area contributed by atoms with Crippen LogP contribution in [0.1, 0.15) is 38.4 Å². The van der Waals surface area contributed by atoms with Crippen LogP contribution >= 0.6 is 0 Å². The lowest BCUT2D eigenvalue weighted by Gasteiger charge is -2.23. The molecular weight excluding hydrogens is 320 g/mol. The zero-order valence-electron chi connectivity index (χ0n) is 14.7. The van der Waals surface area contributed by atoms with Crippen LogP contribution in [0.15, 0.2) is 12.3 Å². The molecule has 1 aliphatic rings. The summed E-state index contributed by atoms with van der Waals surface area (Å²) in [5, 5.41) is 12.8. The highest BCUT2D eigenvalue weighted by atomic mass is 16.5.